The van der Waals surface area contributed by atoms with Crippen molar-refractivity contribution in [2.75, 3.05) is 0 Å². The van der Waals surface area contributed by atoms with E-state index >= 15 is 0 Å². The Morgan fingerprint density at radius 1 is 0.405 bits per heavy atom. The van der Waals surface area contributed by atoms with Crippen molar-refractivity contribution in [2.24, 2.45) is 9.98 Å². The van der Waals surface area contributed by atoms with E-state index in [1.807, 2.05) is 109 Å². The van der Waals surface area contributed by atoms with Gasteiger partial charge in [-0.15, -0.1) is 0 Å². The number of para-hydroxylation sites is 4. The molecule has 176 valence electrons. The average molecular weight is 534 g/mol. The molecule has 0 atom stereocenters. The summed E-state index contributed by atoms with van der Waals surface area (Å²) in [6, 6.07) is 41.5. The summed E-state index contributed by atoms with van der Waals surface area (Å²) in [6.45, 7) is 0. The van der Waals surface area contributed by atoms with Crippen LogP contribution in [-0.4, -0.2) is 21.6 Å². The second-order valence-corrected chi connectivity index (χ2v) is 8.18. The molecule has 37 heavy (non-hydrogen) atoms. The van der Waals surface area contributed by atoms with E-state index in [0.717, 1.165) is 11.1 Å². The molecule has 5 aromatic carbocycles. The SMILES string of the molecule is Oc1ccccc1C(=Nc1ccccc1N=C(c1ccccc1)c1ccccc1O)c1ccccc1.[Zn]. The molecule has 0 aliphatic carbocycles. The Kier molecular flexibility index (Phi) is 8.40. The van der Waals surface area contributed by atoms with Crippen LogP contribution in [-0.2, 0) is 19.5 Å². The minimum atomic E-state index is 0. The molecule has 0 amide bonds. The van der Waals surface area contributed by atoms with E-state index in [4.69, 9.17) is 9.98 Å². The molecule has 0 radical (unpaired) electrons. The fourth-order valence-corrected chi connectivity index (χ4v) is 3.99. The first-order valence-corrected chi connectivity index (χ1v) is 11.6. The zero-order chi connectivity index (χ0) is 24.7. The zero-order valence-electron chi connectivity index (χ0n) is 20.2. The second kappa shape index (κ2) is 12.1. The Balaban J connectivity index is 0.00000320. The monoisotopic (exact) mass is 532 g/mol. The van der Waals surface area contributed by atoms with E-state index in [9.17, 15) is 10.2 Å². The van der Waals surface area contributed by atoms with E-state index in [1.54, 1.807) is 24.3 Å². The number of hydrogen-bond acceptors (Lipinski definition) is 4. The zero-order valence-corrected chi connectivity index (χ0v) is 23.2. The normalized spacial score (nSPS) is 11.6. The summed E-state index contributed by atoms with van der Waals surface area (Å²) in [5, 5.41) is 21.3. The van der Waals surface area contributed by atoms with Crippen LogP contribution in [0.3, 0.4) is 0 Å². The standard InChI is InChI=1S/C32H24N2O2.Zn/c35-29-21-11-7-17-25(29)31(23-13-3-1-4-14-23)33-27-19-9-10-20-28(27)34-32(24-15-5-2-6-16-24)26-18-8-12-22-30(26)36;/h1-22,35-36H;. The summed E-state index contributed by atoms with van der Waals surface area (Å²) in [7, 11) is 0. The van der Waals surface area contributed by atoms with Crippen LogP contribution in [0.25, 0.3) is 0 Å². The number of benzene rings is 5. The first kappa shape index (κ1) is 25.7. The average Bonchev–Trinajstić information content (AvgIpc) is 2.93. The third-order valence-corrected chi connectivity index (χ3v) is 5.76. The topological polar surface area (TPSA) is 65.2 Å². The van der Waals surface area contributed by atoms with Gasteiger partial charge >= 0.3 is 0 Å². The Bertz CT molecular complexity index is 1430. The summed E-state index contributed by atoms with van der Waals surface area (Å²) < 4.78 is 0. The van der Waals surface area contributed by atoms with Gasteiger partial charge in [0, 0.05) is 41.7 Å². The molecule has 0 aliphatic rings. The Hall–Kier alpha value is -4.34. The quantitative estimate of drug-likeness (QED) is 0.176. The van der Waals surface area contributed by atoms with Gasteiger partial charge in [-0.25, -0.2) is 9.98 Å². The van der Waals surface area contributed by atoms with E-state index in [0.29, 0.717) is 33.9 Å². The number of nitrogens with zero attached hydrogens (tertiary/aromatic N) is 2. The predicted octanol–water partition coefficient (Wildman–Crippen LogP) is 7.43. The molecule has 0 heterocycles. The Labute approximate surface area is 229 Å². The number of aliphatic imine (C=N–C) groups is 2. The van der Waals surface area contributed by atoms with E-state index in [1.165, 1.54) is 0 Å². The molecule has 0 saturated heterocycles. The van der Waals surface area contributed by atoms with Gasteiger partial charge < -0.3 is 10.2 Å². The number of rotatable bonds is 6. The van der Waals surface area contributed by atoms with E-state index < -0.39 is 0 Å². The molecule has 0 aromatic heterocycles. The van der Waals surface area contributed by atoms with Crippen LogP contribution in [0.1, 0.15) is 22.3 Å². The first-order valence-electron chi connectivity index (χ1n) is 11.6. The van der Waals surface area contributed by atoms with Crippen molar-refractivity contribution in [3.05, 3.63) is 156 Å². The number of phenolic OH excluding ortho intramolecular Hbond substituents is 2. The third-order valence-electron chi connectivity index (χ3n) is 5.76. The molecule has 5 rings (SSSR count). The van der Waals surface area contributed by atoms with E-state index in [2.05, 4.69) is 0 Å². The van der Waals surface area contributed by atoms with Gasteiger partial charge in [0.25, 0.3) is 0 Å². The van der Waals surface area contributed by atoms with Crippen LogP contribution in [0, 0.1) is 0 Å². The fraction of sp³-hybridized carbons (Fsp3) is 0. The predicted molar refractivity (Wildman–Crippen MR) is 146 cm³/mol. The van der Waals surface area contributed by atoms with Crippen molar-refractivity contribution in [2.45, 2.75) is 0 Å². The van der Waals surface area contributed by atoms with Gasteiger partial charge in [-0.2, -0.15) is 0 Å². The van der Waals surface area contributed by atoms with Gasteiger partial charge in [0.1, 0.15) is 11.5 Å². The van der Waals surface area contributed by atoms with Crippen LogP contribution in [0.5, 0.6) is 11.5 Å². The molecule has 0 fully saturated rings. The maximum Gasteiger partial charge on any atom is 0.124 e. The molecule has 5 heteroatoms. The Morgan fingerprint density at radius 3 is 1.11 bits per heavy atom. The Morgan fingerprint density at radius 2 is 0.730 bits per heavy atom. The molecule has 0 saturated carbocycles. The molecule has 0 bridgehead atoms. The molecule has 4 nitrogen and oxygen atoms in total. The van der Waals surface area contributed by atoms with E-state index in [-0.39, 0.29) is 31.0 Å². The minimum absolute atomic E-state index is 0. The number of phenols is 2. The van der Waals surface area contributed by atoms with Crippen LogP contribution in [0.4, 0.5) is 11.4 Å². The van der Waals surface area contributed by atoms with Crippen molar-refractivity contribution in [3.63, 3.8) is 0 Å². The first-order chi connectivity index (χ1) is 17.7. The third kappa shape index (κ3) is 5.91. The van der Waals surface area contributed by atoms with Gasteiger partial charge in [0.15, 0.2) is 0 Å². The number of aromatic hydroxyl groups is 2. The largest absolute Gasteiger partial charge is 0.507 e. The van der Waals surface area contributed by atoms with Gasteiger partial charge in [-0.1, -0.05) is 97.1 Å². The van der Waals surface area contributed by atoms with Crippen molar-refractivity contribution in [1.29, 1.82) is 0 Å². The fourth-order valence-electron chi connectivity index (χ4n) is 3.99. The molecule has 0 unspecified atom stereocenters. The van der Waals surface area contributed by atoms with Crippen LogP contribution in [0.2, 0.25) is 0 Å². The summed E-state index contributed by atoms with van der Waals surface area (Å²) >= 11 is 0. The summed E-state index contributed by atoms with van der Waals surface area (Å²) in [5.74, 6) is 0.306. The van der Waals surface area contributed by atoms with Gasteiger partial charge in [0.05, 0.1) is 22.8 Å². The van der Waals surface area contributed by atoms with Crippen molar-refractivity contribution >= 4 is 22.8 Å². The molecular weight excluding hydrogens is 510 g/mol. The van der Waals surface area contributed by atoms with Gasteiger partial charge in [-0.3, -0.25) is 0 Å². The molecule has 5 aromatic rings. The molecule has 0 spiro atoms. The van der Waals surface area contributed by atoms with Crippen molar-refractivity contribution in [1.82, 2.24) is 0 Å². The van der Waals surface area contributed by atoms with Gasteiger partial charge in [-0.05, 0) is 36.4 Å². The molecule has 2 N–H and O–H groups in total. The summed E-state index contributed by atoms with van der Waals surface area (Å²) in [6.07, 6.45) is 0. The number of hydrogen-bond donors (Lipinski definition) is 2. The maximum atomic E-state index is 10.6. The van der Waals surface area contributed by atoms with Crippen LogP contribution in [0.15, 0.2) is 143 Å². The summed E-state index contributed by atoms with van der Waals surface area (Å²) in [4.78, 5) is 10.0. The maximum absolute atomic E-state index is 10.6. The summed E-state index contributed by atoms with van der Waals surface area (Å²) in [5.41, 5.74) is 5.58. The minimum Gasteiger partial charge on any atom is -0.507 e. The smallest absolute Gasteiger partial charge is 0.124 e. The van der Waals surface area contributed by atoms with Crippen molar-refractivity contribution in [3.8, 4) is 11.5 Å². The van der Waals surface area contributed by atoms with Crippen LogP contribution >= 0.6 is 0 Å². The van der Waals surface area contributed by atoms with Gasteiger partial charge in [0.2, 0.25) is 0 Å². The second-order valence-electron chi connectivity index (χ2n) is 8.18. The molecular formula is C32H24N2O2Zn. The van der Waals surface area contributed by atoms with Crippen molar-refractivity contribution < 1.29 is 29.7 Å². The van der Waals surface area contributed by atoms with Crippen LogP contribution < -0.4 is 0 Å². The molecule has 0 aliphatic heterocycles.